The first-order valence-electron chi connectivity index (χ1n) is 43.6. The summed E-state index contributed by atoms with van der Waals surface area (Å²) in [7, 11) is -9.92. The third-order valence-electron chi connectivity index (χ3n) is 19.8. The summed E-state index contributed by atoms with van der Waals surface area (Å²) in [6.45, 7) is 7.38. The van der Waals surface area contributed by atoms with E-state index >= 15 is 0 Å². The van der Waals surface area contributed by atoms with Crippen molar-refractivity contribution >= 4 is 39.5 Å². The van der Waals surface area contributed by atoms with Crippen LogP contribution >= 0.6 is 15.6 Å². The second kappa shape index (κ2) is 76.8. The Hall–Kier alpha value is -1.94. The molecule has 3 N–H and O–H groups in total. The molecule has 0 bridgehead atoms. The predicted molar refractivity (Wildman–Crippen MR) is 423 cm³/mol. The van der Waals surface area contributed by atoms with Crippen LogP contribution in [-0.2, 0) is 65.4 Å². The zero-order valence-electron chi connectivity index (χ0n) is 67.5. The maximum absolute atomic E-state index is 13.1. The normalized spacial score (nSPS) is 13.8. The number of carbonyl (C=O) groups excluding carboxylic acids is 4. The highest BCUT2D eigenvalue weighted by Crippen LogP contribution is 2.45. The summed E-state index contributed by atoms with van der Waals surface area (Å²) in [5.41, 5.74) is 0. The summed E-state index contributed by atoms with van der Waals surface area (Å²) in [4.78, 5) is 73.2. The summed E-state index contributed by atoms with van der Waals surface area (Å²) >= 11 is 0. The van der Waals surface area contributed by atoms with Crippen molar-refractivity contribution in [2.24, 2.45) is 5.92 Å². The molecular formula is C84H164O17P2. The number of ether oxygens (including phenoxy) is 4. The minimum Gasteiger partial charge on any atom is -0.462 e. The van der Waals surface area contributed by atoms with Gasteiger partial charge in [-0.3, -0.25) is 37.3 Å². The van der Waals surface area contributed by atoms with E-state index in [1.807, 2.05) is 0 Å². The summed E-state index contributed by atoms with van der Waals surface area (Å²) in [5.74, 6) is -1.30. The van der Waals surface area contributed by atoms with Crippen LogP contribution in [0, 0.1) is 5.92 Å². The van der Waals surface area contributed by atoms with Gasteiger partial charge in [-0.15, -0.1) is 0 Å². The van der Waals surface area contributed by atoms with Crippen LogP contribution in [0.4, 0.5) is 0 Å². The van der Waals surface area contributed by atoms with Crippen LogP contribution < -0.4 is 0 Å². The van der Waals surface area contributed by atoms with E-state index in [0.29, 0.717) is 25.7 Å². The van der Waals surface area contributed by atoms with Crippen LogP contribution in [0.3, 0.4) is 0 Å². The summed E-state index contributed by atoms with van der Waals surface area (Å²) in [6, 6.07) is 0. The van der Waals surface area contributed by atoms with Gasteiger partial charge in [-0.1, -0.05) is 401 Å². The quantitative estimate of drug-likeness (QED) is 0.0222. The number of esters is 4. The average Bonchev–Trinajstić information content (AvgIpc) is 0.959. The summed E-state index contributed by atoms with van der Waals surface area (Å²) < 4.78 is 68.9. The van der Waals surface area contributed by atoms with Gasteiger partial charge in [0, 0.05) is 25.7 Å². The number of unbranched alkanes of at least 4 members (excludes halogenated alkanes) is 56. The van der Waals surface area contributed by atoms with E-state index in [-0.39, 0.29) is 25.7 Å². The van der Waals surface area contributed by atoms with Crippen molar-refractivity contribution in [3.8, 4) is 0 Å². The molecular weight excluding hydrogens is 1340 g/mol. The smallest absolute Gasteiger partial charge is 0.462 e. The number of aliphatic hydroxyl groups is 1. The third-order valence-corrected chi connectivity index (χ3v) is 21.7. The number of aliphatic hydroxyl groups excluding tert-OH is 1. The molecule has 2 unspecified atom stereocenters. The van der Waals surface area contributed by atoms with Crippen LogP contribution in [0.1, 0.15) is 452 Å². The molecule has 5 atom stereocenters. The largest absolute Gasteiger partial charge is 0.472 e. The first-order chi connectivity index (χ1) is 50.0. The molecule has 0 aromatic carbocycles. The van der Waals surface area contributed by atoms with Gasteiger partial charge in [-0.25, -0.2) is 9.13 Å². The van der Waals surface area contributed by atoms with Crippen molar-refractivity contribution < 1.29 is 80.2 Å². The van der Waals surface area contributed by atoms with Crippen molar-refractivity contribution in [1.82, 2.24) is 0 Å². The van der Waals surface area contributed by atoms with Gasteiger partial charge in [0.15, 0.2) is 12.2 Å². The Kier molecular flexibility index (Phi) is 75.4. The molecule has 0 aromatic rings. The lowest BCUT2D eigenvalue weighted by Gasteiger charge is -2.21. The highest BCUT2D eigenvalue weighted by molar-refractivity contribution is 7.47. The average molecular weight is 1510 g/mol. The third kappa shape index (κ3) is 78.0. The Morgan fingerprint density at radius 2 is 0.447 bits per heavy atom. The fourth-order valence-electron chi connectivity index (χ4n) is 13.1. The SMILES string of the molecule is CCCCCCCCCCCCCCCCCCCCCC(=O)O[C@H](COC(=O)CCCCCCCCCCCCCCCCC(C)C)COP(=O)(O)OC[C@@H](O)COP(=O)(O)OC[C@@H](COC(=O)CCCCCCCCCCCCC)OC(=O)CCCCCCCCCCCCCCCCCC. The van der Waals surface area contributed by atoms with Crippen molar-refractivity contribution in [2.75, 3.05) is 39.6 Å². The number of hydrogen-bond donors (Lipinski definition) is 3. The van der Waals surface area contributed by atoms with Gasteiger partial charge < -0.3 is 33.8 Å². The molecule has 19 heteroatoms. The van der Waals surface area contributed by atoms with Gasteiger partial charge in [-0.2, -0.15) is 0 Å². The fraction of sp³-hybridized carbons (Fsp3) is 0.952. The molecule has 0 fully saturated rings. The van der Waals surface area contributed by atoms with Crippen molar-refractivity contribution in [1.29, 1.82) is 0 Å². The molecule has 0 heterocycles. The Morgan fingerprint density at radius 3 is 0.660 bits per heavy atom. The lowest BCUT2D eigenvalue weighted by atomic mass is 10.0. The fourth-order valence-corrected chi connectivity index (χ4v) is 14.7. The van der Waals surface area contributed by atoms with E-state index in [0.717, 1.165) is 95.8 Å². The van der Waals surface area contributed by atoms with E-state index in [2.05, 4.69) is 34.6 Å². The Morgan fingerprint density at radius 1 is 0.262 bits per heavy atom. The van der Waals surface area contributed by atoms with E-state index in [4.69, 9.17) is 37.0 Å². The Bertz CT molecular complexity index is 1960. The summed E-state index contributed by atoms with van der Waals surface area (Å²) in [5, 5.41) is 10.7. The first kappa shape index (κ1) is 101. The van der Waals surface area contributed by atoms with Crippen LogP contribution in [-0.4, -0.2) is 96.7 Å². The zero-order valence-corrected chi connectivity index (χ0v) is 69.3. The number of phosphoric acid groups is 2. The molecule has 612 valence electrons. The van der Waals surface area contributed by atoms with Gasteiger partial charge in [0.1, 0.15) is 19.3 Å². The monoisotopic (exact) mass is 1510 g/mol. The number of carbonyl (C=O) groups is 4. The minimum absolute atomic E-state index is 0.109. The zero-order chi connectivity index (χ0) is 75.5. The molecule has 103 heavy (non-hydrogen) atoms. The van der Waals surface area contributed by atoms with Crippen LogP contribution in [0.5, 0.6) is 0 Å². The Balaban J connectivity index is 5.25. The van der Waals surface area contributed by atoms with Gasteiger partial charge in [0.2, 0.25) is 0 Å². The molecule has 0 spiro atoms. The summed E-state index contributed by atoms with van der Waals surface area (Å²) in [6.07, 6.45) is 69.3. The molecule has 0 saturated carbocycles. The van der Waals surface area contributed by atoms with E-state index < -0.39 is 97.5 Å². The minimum atomic E-state index is -4.96. The second-order valence-corrected chi connectivity index (χ2v) is 33.6. The lowest BCUT2D eigenvalue weighted by molar-refractivity contribution is -0.161. The van der Waals surface area contributed by atoms with Crippen LogP contribution in [0.25, 0.3) is 0 Å². The molecule has 0 radical (unpaired) electrons. The van der Waals surface area contributed by atoms with Gasteiger partial charge >= 0.3 is 39.5 Å². The van der Waals surface area contributed by atoms with Crippen molar-refractivity contribution in [3.63, 3.8) is 0 Å². The topological polar surface area (TPSA) is 237 Å². The lowest BCUT2D eigenvalue weighted by Crippen LogP contribution is -2.30. The van der Waals surface area contributed by atoms with E-state index in [1.54, 1.807) is 0 Å². The van der Waals surface area contributed by atoms with Crippen LogP contribution in [0.15, 0.2) is 0 Å². The highest BCUT2D eigenvalue weighted by atomic mass is 31.2. The standard InChI is InChI=1S/C84H164O17P2/c1-6-9-12-15-18-21-24-26-28-30-31-32-34-40-45-50-55-60-65-70-84(89)101-80(74-95-82(87)68-63-58-53-48-43-38-36-35-37-42-46-51-56-61-66-77(4)5)76-99-103(92,93)97-72-78(85)71-96-102(90,91)98-75-79(73-94-81(86)67-62-57-52-47-41-23-20-17-14-11-8-3)100-83(88)69-64-59-54-49-44-39-33-29-27-25-22-19-16-13-10-7-2/h77-80,85H,6-76H2,1-5H3,(H,90,91)(H,92,93)/t78-,79+,80+/m0/s1. The molecule has 0 aliphatic rings. The predicted octanol–water partition coefficient (Wildman–Crippen LogP) is 25.6. The number of hydrogen-bond acceptors (Lipinski definition) is 15. The second-order valence-electron chi connectivity index (χ2n) is 30.7. The van der Waals surface area contributed by atoms with Gasteiger partial charge in [0.25, 0.3) is 0 Å². The van der Waals surface area contributed by atoms with Crippen molar-refractivity contribution in [3.05, 3.63) is 0 Å². The maximum Gasteiger partial charge on any atom is 0.472 e. The van der Waals surface area contributed by atoms with E-state index in [1.165, 1.54) is 276 Å². The molecule has 0 saturated heterocycles. The van der Waals surface area contributed by atoms with Crippen LogP contribution in [0.2, 0.25) is 0 Å². The molecule has 0 amide bonds. The van der Waals surface area contributed by atoms with E-state index in [9.17, 15) is 43.2 Å². The first-order valence-corrected chi connectivity index (χ1v) is 46.6. The number of phosphoric ester groups is 2. The molecule has 0 rings (SSSR count). The highest BCUT2D eigenvalue weighted by Gasteiger charge is 2.30. The molecule has 17 nitrogen and oxygen atoms in total. The molecule has 0 aliphatic heterocycles. The van der Waals surface area contributed by atoms with Crippen molar-refractivity contribution in [2.45, 2.75) is 470 Å². The van der Waals surface area contributed by atoms with Gasteiger partial charge in [-0.05, 0) is 31.6 Å². The molecule has 0 aliphatic carbocycles. The van der Waals surface area contributed by atoms with Gasteiger partial charge in [0.05, 0.1) is 26.4 Å². The Labute approximate surface area is 632 Å². The molecule has 0 aromatic heterocycles. The number of rotatable bonds is 84. The maximum atomic E-state index is 13.1.